The van der Waals surface area contributed by atoms with Crippen LogP contribution in [0, 0.1) is 0 Å². The summed E-state index contributed by atoms with van der Waals surface area (Å²) in [5, 5.41) is 18.4. The van der Waals surface area contributed by atoms with Crippen molar-refractivity contribution in [3.8, 4) is 0 Å². The van der Waals surface area contributed by atoms with Crippen molar-refractivity contribution in [1.82, 2.24) is 0 Å². The Kier molecular flexibility index (Phi) is 45.8. The summed E-state index contributed by atoms with van der Waals surface area (Å²) in [4.78, 5) is 22.7. The Morgan fingerprint density at radius 1 is 0.516 bits per heavy atom. The highest BCUT2D eigenvalue weighted by Gasteiger charge is 2.26. The summed E-state index contributed by atoms with van der Waals surface area (Å²) >= 11 is 0. The average molecular weight is 889 g/mol. The maximum atomic E-state index is 12.7. The molecule has 0 aromatic heterocycles. The van der Waals surface area contributed by atoms with Gasteiger partial charge in [0.05, 0.1) is 26.4 Å². The lowest BCUT2D eigenvalue weighted by Crippen LogP contribution is -2.29. The first-order chi connectivity index (χ1) is 30.3. The molecule has 0 fully saturated rings. The Balaban J connectivity index is 4.23. The molecule has 0 aliphatic carbocycles. The van der Waals surface area contributed by atoms with Gasteiger partial charge >= 0.3 is 13.8 Å². The van der Waals surface area contributed by atoms with Gasteiger partial charge in [-0.3, -0.25) is 13.8 Å². The van der Waals surface area contributed by atoms with Crippen molar-refractivity contribution in [2.75, 3.05) is 33.0 Å². The number of hydrogen-bond acceptors (Lipinski definition) is 8. The van der Waals surface area contributed by atoms with Crippen LogP contribution in [-0.4, -0.2) is 66.3 Å². The molecular weight excluding hydrogens is 800 g/mol. The number of aliphatic hydroxyl groups is 2. The molecule has 0 saturated carbocycles. The predicted octanol–water partition coefficient (Wildman–Crippen LogP) is 14.0. The Bertz CT molecular complexity index is 1280. The van der Waals surface area contributed by atoms with E-state index in [1.54, 1.807) is 0 Å². The maximum Gasteiger partial charge on any atom is 0.472 e. The number of rotatable bonds is 45. The summed E-state index contributed by atoms with van der Waals surface area (Å²) in [6, 6.07) is 0. The Labute approximate surface area is 378 Å². The van der Waals surface area contributed by atoms with Crippen LogP contribution in [0.2, 0.25) is 0 Å². The summed E-state index contributed by atoms with van der Waals surface area (Å²) in [7, 11) is -4.54. The molecule has 0 aliphatic rings. The number of hydrogen-bond donors (Lipinski definition) is 3. The Morgan fingerprint density at radius 3 is 1.39 bits per heavy atom. The number of unbranched alkanes of at least 4 members (excludes halogenated alkanes) is 15. The van der Waals surface area contributed by atoms with E-state index in [9.17, 15) is 19.4 Å². The van der Waals surface area contributed by atoms with E-state index in [4.69, 9.17) is 23.6 Å². The van der Waals surface area contributed by atoms with Crippen LogP contribution in [0.4, 0.5) is 0 Å². The standard InChI is InChI=1S/C52H89O9P/c1-3-5-7-9-11-13-15-17-19-21-23-25-26-28-30-32-34-36-38-40-42-44-52(55)61-51(49-60-62(56,57)59-47-50(54)46-53)48-58-45-43-41-39-37-35-33-31-29-27-24-22-20-18-16-14-12-10-8-6-4-2/h5,7,11-14,17-20,23,25,28,30,34,36,50-51,53-54H,3-4,6,8-10,15-16,21-22,24,26-27,29,31-33,35,37-49H2,1-2H3,(H,56,57)/b7-5-,13-11-,14-12-,19-17-,20-18-,25-23-,30-28-,36-34-. The summed E-state index contributed by atoms with van der Waals surface area (Å²) in [6.45, 7) is 3.30. The SMILES string of the molecule is CC/C=C\C/C=C\C/C=C\C/C=C\C/C=C\C/C=C\CCCCC(=O)OC(COCCCCCCCCCCCC/C=C\C/C=C\CCCCC)COP(=O)(O)OCC(O)CO. The minimum absolute atomic E-state index is 0.0233. The van der Waals surface area contributed by atoms with Gasteiger partial charge in [0.25, 0.3) is 0 Å². The molecule has 0 heterocycles. The number of phosphoric ester groups is 1. The van der Waals surface area contributed by atoms with Gasteiger partial charge in [0.2, 0.25) is 0 Å². The van der Waals surface area contributed by atoms with Gasteiger partial charge in [-0.05, 0) is 96.3 Å². The molecule has 0 bridgehead atoms. The van der Waals surface area contributed by atoms with Gasteiger partial charge in [0.1, 0.15) is 12.2 Å². The molecule has 0 spiro atoms. The molecule has 10 heteroatoms. The van der Waals surface area contributed by atoms with Crippen LogP contribution in [0.5, 0.6) is 0 Å². The number of allylic oxidation sites excluding steroid dienone is 16. The fourth-order valence-corrected chi connectivity index (χ4v) is 6.88. The highest BCUT2D eigenvalue weighted by molar-refractivity contribution is 7.47. The van der Waals surface area contributed by atoms with E-state index in [0.717, 1.165) is 77.0 Å². The van der Waals surface area contributed by atoms with Crippen LogP contribution in [0.15, 0.2) is 97.2 Å². The monoisotopic (exact) mass is 889 g/mol. The zero-order valence-electron chi connectivity index (χ0n) is 39.1. The second-order valence-electron chi connectivity index (χ2n) is 15.7. The summed E-state index contributed by atoms with van der Waals surface area (Å²) in [5.41, 5.74) is 0. The van der Waals surface area contributed by atoms with Crippen LogP contribution < -0.4 is 0 Å². The van der Waals surface area contributed by atoms with Crippen LogP contribution in [0.25, 0.3) is 0 Å². The molecule has 9 nitrogen and oxygen atoms in total. The van der Waals surface area contributed by atoms with Gasteiger partial charge in [0, 0.05) is 13.0 Å². The van der Waals surface area contributed by atoms with Crippen molar-refractivity contribution in [1.29, 1.82) is 0 Å². The van der Waals surface area contributed by atoms with Gasteiger partial charge in [-0.15, -0.1) is 0 Å². The number of phosphoric acid groups is 1. The molecule has 0 rings (SSSR count). The molecule has 62 heavy (non-hydrogen) atoms. The topological polar surface area (TPSA) is 132 Å². The zero-order valence-corrected chi connectivity index (χ0v) is 39.9. The average Bonchev–Trinajstić information content (AvgIpc) is 3.26. The number of carbonyl (C=O) groups is 1. The molecule has 356 valence electrons. The smallest absolute Gasteiger partial charge is 0.457 e. The van der Waals surface area contributed by atoms with Crippen molar-refractivity contribution >= 4 is 13.8 Å². The third-order valence-electron chi connectivity index (χ3n) is 9.75. The quantitative estimate of drug-likeness (QED) is 0.0237. The van der Waals surface area contributed by atoms with E-state index in [1.807, 2.05) is 0 Å². The number of ether oxygens (including phenoxy) is 2. The molecule has 0 radical (unpaired) electrons. The highest BCUT2D eigenvalue weighted by atomic mass is 31.2. The van der Waals surface area contributed by atoms with Crippen LogP contribution in [0.3, 0.4) is 0 Å². The van der Waals surface area contributed by atoms with Crippen LogP contribution >= 0.6 is 7.82 Å². The minimum Gasteiger partial charge on any atom is -0.457 e. The van der Waals surface area contributed by atoms with Crippen LogP contribution in [0.1, 0.15) is 181 Å². The van der Waals surface area contributed by atoms with Crippen molar-refractivity contribution in [2.45, 2.75) is 193 Å². The second kappa shape index (κ2) is 47.8. The van der Waals surface area contributed by atoms with Crippen LogP contribution in [-0.2, 0) is 27.9 Å². The van der Waals surface area contributed by atoms with E-state index in [0.29, 0.717) is 13.0 Å². The summed E-state index contributed by atoms with van der Waals surface area (Å²) < 4.78 is 33.4. The van der Waals surface area contributed by atoms with Gasteiger partial charge in [0.15, 0.2) is 0 Å². The van der Waals surface area contributed by atoms with E-state index in [2.05, 4.69) is 111 Å². The molecule has 0 amide bonds. The van der Waals surface area contributed by atoms with Gasteiger partial charge in [-0.2, -0.15) is 0 Å². The molecule has 0 aliphatic heterocycles. The molecule has 3 atom stereocenters. The lowest BCUT2D eigenvalue weighted by atomic mass is 10.1. The minimum atomic E-state index is -4.54. The Morgan fingerprint density at radius 2 is 0.919 bits per heavy atom. The molecule has 3 unspecified atom stereocenters. The zero-order chi connectivity index (χ0) is 45.3. The van der Waals surface area contributed by atoms with Crippen molar-refractivity contribution in [3.05, 3.63) is 97.2 Å². The normalized spacial score (nSPS) is 14.7. The Hall–Kier alpha value is -2.62. The van der Waals surface area contributed by atoms with Crippen molar-refractivity contribution in [3.63, 3.8) is 0 Å². The molecule has 0 saturated heterocycles. The molecule has 0 aromatic carbocycles. The fraction of sp³-hybridized carbons (Fsp3) is 0.673. The van der Waals surface area contributed by atoms with E-state index in [-0.39, 0.29) is 13.0 Å². The highest BCUT2D eigenvalue weighted by Crippen LogP contribution is 2.43. The van der Waals surface area contributed by atoms with Gasteiger partial charge in [-0.25, -0.2) is 4.57 Å². The predicted molar refractivity (Wildman–Crippen MR) is 260 cm³/mol. The molecular formula is C52H89O9P. The second-order valence-corrected chi connectivity index (χ2v) is 17.2. The maximum absolute atomic E-state index is 12.7. The lowest BCUT2D eigenvalue weighted by molar-refractivity contribution is -0.154. The third kappa shape index (κ3) is 46.9. The largest absolute Gasteiger partial charge is 0.472 e. The van der Waals surface area contributed by atoms with E-state index < -0.39 is 45.8 Å². The summed E-state index contributed by atoms with van der Waals surface area (Å²) in [5.74, 6) is -0.428. The first-order valence-electron chi connectivity index (χ1n) is 24.2. The number of aliphatic hydroxyl groups excluding tert-OH is 2. The van der Waals surface area contributed by atoms with Crippen molar-refractivity contribution < 1.29 is 43.0 Å². The first-order valence-corrected chi connectivity index (χ1v) is 25.7. The van der Waals surface area contributed by atoms with Gasteiger partial charge < -0.3 is 24.6 Å². The van der Waals surface area contributed by atoms with E-state index >= 15 is 0 Å². The van der Waals surface area contributed by atoms with Crippen molar-refractivity contribution in [2.24, 2.45) is 0 Å². The summed E-state index contributed by atoms with van der Waals surface area (Å²) in [6.07, 6.45) is 60.8. The van der Waals surface area contributed by atoms with Gasteiger partial charge in [-0.1, -0.05) is 175 Å². The van der Waals surface area contributed by atoms with E-state index in [1.165, 1.54) is 77.0 Å². The fourth-order valence-electron chi connectivity index (χ4n) is 6.09. The number of carbonyl (C=O) groups excluding carboxylic acids is 1. The molecule has 0 aromatic rings. The first kappa shape index (κ1) is 59.4. The third-order valence-corrected chi connectivity index (χ3v) is 10.7. The molecule has 3 N–H and O–H groups in total. The lowest BCUT2D eigenvalue weighted by Gasteiger charge is -2.20. The number of esters is 1.